The molecule has 0 aliphatic carbocycles. The van der Waals surface area contributed by atoms with Gasteiger partial charge in [0.2, 0.25) is 5.95 Å². The summed E-state index contributed by atoms with van der Waals surface area (Å²) in [4.78, 5) is 13.3. The van der Waals surface area contributed by atoms with E-state index in [1.165, 1.54) is 5.69 Å². The summed E-state index contributed by atoms with van der Waals surface area (Å²) >= 11 is 0. The highest BCUT2D eigenvalue weighted by Gasteiger charge is 2.04. The molecular weight excluding hydrogens is 348 g/mol. The largest absolute Gasteiger partial charge is 0.378 e. The first-order chi connectivity index (χ1) is 13.6. The van der Waals surface area contributed by atoms with Crippen LogP contribution in [0.25, 0.3) is 0 Å². The van der Waals surface area contributed by atoms with Crippen LogP contribution in [0.2, 0.25) is 0 Å². The zero-order valence-electron chi connectivity index (χ0n) is 17.0. The van der Waals surface area contributed by atoms with E-state index in [4.69, 9.17) is 0 Å². The second-order valence-electron chi connectivity index (χ2n) is 6.68. The third kappa shape index (κ3) is 4.91. The van der Waals surface area contributed by atoms with E-state index in [1.54, 1.807) is 6.20 Å². The van der Waals surface area contributed by atoms with Gasteiger partial charge in [-0.15, -0.1) is 0 Å². The van der Waals surface area contributed by atoms with Crippen molar-refractivity contribution in [3.8, 4) is 0 Å². The molecule has 0 radical (unpaired) electrons. The van der Waals surface area contributed by atoms with E-state index in [1.807, 2.05) is 32.3 Å². The summed E-state index contributed by atoms with van der Waals surface area (Å²) in [6, 6.07) is 18.4. The Labute approximate surface area is 167 Å². The van der Waals surface area contributed by atoms with Crippen LogP contribution in [0.4, 0.5) is 34.5 Å². The van der Waals surface area contributed by atoms with Gasteiger partial charge in [0.15, 0.2) is 0 Å². The Morgan fingerprint density at radius 3 is 1.89 bits per heavy atom. The summed E-state index contributed by atoms with van der Waals surface area (Å²) in [5.74, 6) is 1.31. The number of aromatic nitrogens is 2. The smallest absolute Gasteiger partial charge is 0.229 e. The summed E-state index contributed by atoms with van der Waals surface area (Å²) in [6.45, 7) is 6.33. The molecule has 3 rings (SSSR count). The average molecular weight is 377 g/mol. The summed E-state index contributed by atoms with van der Waals surface area (Å²) in [5, 5.41) is 6.59. The lowest BCUT2D eigenvalue weighted by atomic mass is 10.2. The van der Waals surface area contributed by atoms with Gasteiger partial charge in [0.1, 0.15) is 5.82 Å². The molecule has 0 aliphatic rings. The lowest BCUT2D eigenvalue weighted by Crippen LogP contribution is -2.21. The zero-order chi connectivity index (χ0) is 19.9. The minimum atomic E-state index is 0.558. The van der Waals surface area contributed by atoms with Crippen LogP contribution in [0.15, 0.2) is 60.8 Å². The highest BCUT2D eigenvalue weighted by Crippen LogP contribution is 2.22. The van der Waals surface area contributed by atoms with Crippen LogP contribution in [-0.2, 0) is 0 Å². The SMILES string of the molecule is CCN(CC)c1ccc(Nc2ccnc(Nc3ccc(N(C)C)cc3)n2)cc1. The predicted octanol–water partition coefficient (Wildman–Crippen LogP) is 4.88. The van der Waals surface area contributed by atoms with Crippen LogP contribution >= 0.6 is 0 Å². The fourth-order valence-electron chi connectivity index (χ4n) is 2.95. The molecule has 0 bridgehead atoms. The topological polar surface area (TPSA) is 56.3 Å². The lowest BCUT2D eigenvalue weighted by Gasteiger charge is -2.21. The standard InChI is InChI=1S/C22H28N6/c1-5-28(6-2)20-13-9-17(10-14-20)24-21-15-16-23-22(26-21)25-18-7-11-19(12-8-18)27(3)4/h7-16H,5-6H2,1-4H3,(H2,23,24,25,26). The Kier molecular flexibility index (Phi) is 6.32. The van der Waals surface area contributed by atoms with Gasteiger partial charge < -0.3 is 20.4 Å². The van der Waals surface area contributed by atoms with Gasteiger partial charge in [0.25, 0.3) is 0 Å². The first-order valence-electron chi connectivity index (χ1n) is 9.58. The fourth-order valence-corrected chi connectivity index (χ4v) is 2.95. The Bertz CT molecular complexity index is 870. The van der Waals surface area contributed by atoms with Crippen LogP contribution in [0, 0.1) is 0 Å². The van der Waals surface area contributed by atoms with Crippen LogP contribution in [0.1, 0.15) is 13.8 Å². The molecule has 146 valence electrons. The van der Waals surface area contributed by atoms with Gasteiger partial charge in [-0.1, -0.05) is 0 Å². The number of benzene rings is 2. The Morgan fingerprint density at radius 1 is 0.750 bits per heavy atom. The normalized spacial score (nSPS) is 10.4. The fraction of sp³-hybridized carbons (Fsp3) is 0.273. The van der Waals surface area contributed by atoms with Crippen molar-refractivity contribution in [1.82, 2.24) is 9.97 Å². The molecule has 1 heterocycles. The van der Waals surface area contributed by atoms with Gasteiger partial charge in [-0.05, 0) is 68.4 Å². The Morgan fingerprint density at radius 2 is 1.32 bits per heavy atom. The van der Waals surface area contributed by atoms with Crippen molar-refractivity contribution in [3.05, 3.63) is 60.8 Å². The van der Waals surface area contributed by atoms with E-state index in [0.717, 1.165) is 36.0 Å². The summed E-state index contributed by atoms with van der Waals surface area (Å²) in [7, 11) is 4.05. The first kappa shape index (κ1) is 19.5. The lowest BCUT2D eigenvalue weighted by molar-refractivity contribution is 0.866. The maximum absolute atomic E-state index is 4.56. The molecule has 2 aromatic carbocycles. The molecule has 0 atom stereocenters. The molecule has 2 N–H and O–H groups in total. The third-order valence-electron chi connectivity index (χ3n) is 4.56. The predicted molar refractivity (Wildman–Crippen MR) is 119 cm³/mol. The molecule has 0 fully saturated rings. The molecule has 6 nitrogen and oxygen atoms in total. The van der Waals surface area contributed by atoms with Gasteiger partial charge >= 0.3 is 0 Å². The Hall–Kier alpha value is -3.28. The van der Waals surface area contributed by atoms with Gasteiger partial charge in [-0.25, -0.2) is 4.98 Å². The number of hydrogen-bond donors (Lipinski definition) is 2. The van der Waals surface area contributed by atoms with Crippen molar-refractivity contribution in [2.75, 3.05) is 47.6 Å². The first-order valence-corrected chi connectivity index (χ1v) is 9.58. The number of nitrogens with zero attached hydrogens (tertiary/aromatic N) is 4. The van der Waals surface area contributed by atoms with E-state index < -0.39 is 0 Å². The van der Waals surface area contributed by atoms with Gasteiger partial charge in [-0.3, -0.25) is 0 Å². The highest BCUT2D eigenvalue weighted by molar-refractivity contribution is 5.63. The maximum atomic E-state index is 4.56. The van der Waals surface area contributed by atoms with Crippen LogP contribution in [-0.4, -0.2) is 37.2 Å². The number of nitrogens with one attached hydrogen (secondary N) is 2. The van der Waals surface area contributed by atoms with Crippen LogP contribution in [0.3, 0.4) is 0 Å². The van der Waals surface area contributed by atoms with Gasteiger partial charge in [0.05, 0.1) is 0 Å². The summed E-state index contributed by atoms with van der Waals surface area (Å²) in [6.07, 6.45) is 1.75. The quantitative estimate of drug-likeness (QED) is 0.585. The van der Waals surface area contributed by atoms with Crippen LogP contribution < -0.4 is 20.4 Å². The number of anilines is 6. The molecule has 28 heavy (non-hydrogen) atoms. The average Bonchev–Trinajstić information content (AvgIpc) is 2.71. The van der Waals surface area contributed by atoms with Crippen molar-refractivity contribution < 1.29 is 0 Å². The molecule has 0 saturated carbocycles. The van der Waals surface area contributed by atoms with E-state index in [0.29, 0.717) is 5.95 Å². The number of rotatable bonds is 8. The molecule has 0 spiro atoms. The highest BCUT2D eigenvalue weighted by atomic mass is 15.1. The van der Waals surface area contributed by atoms with Crippen molar-refractivity contribution in [1.29, 1.82) is 0 Å². The second-order valence-corrected chi connectivity index (χ2v) is 6.68. The third-order valence-corrected chi connectivity index (χ3v) is 4.56. The molecular formula is C22H28N6. The van der Waals surface area contributed by atoms with Gasteiger partial charge in [-0.2, -0.15) is 4.98 Å². The molecule has 1 aromatic heterocycles. The zero-order valence-corrected chi connectivity index (χ0v) is 17.0. The van der Waals surface area contributed by atoms with E-state index in [-0.39, 0.29) is 0 Å². The van der Waals surface area contributed by atoms with E-state index in [2.05, 4.69) is 80.6 Å². The monoisotopic (exact) mass is 376 g/mol. The molecule has 0 unspecified atom stereocenters. The summed E-state index contributed by atoms with van der Waals surface area (Å²) in [5.41, 5.74) is 4.32. The molecule has 0 aliphatic heterocycles. The van der Waals surface area contributed by atoms with Crippen molar-refractivity contribution in [2.24, 2.45) is 0 Å². The van der Waals surface area contributed by atoms with Crippen molar-refractivity contribution >= 4 is 34.5 Å². The minimum Gasteiger partial charge on any atom is -0.378 e. The van der Waals surface area contributed by atoms with Crippen molar-refractivity contribution in [2.45, 2.75) is 13.8 Å². The molecule has 0 saturated heterocycles. The maximum Gasteiger partial charge on any atom is 0.229 e. The van der Waals surface area contributed by atoms with Gasteiger partial charge in [0, 0.05) is 56.1 Å². The molecule has 6 heteroatoms. The van der Waals surface area contributed by atoms with E-state index >= 15 is 0 Å². The van der Waals surface area contributed by atoms with Crippen molar-refractivity contribution in [3.63, 3.8) is 0 Å². The minimum absolute atomic E-state index is 0.558. The van der Waals surface area contributed by atoms with E-state index in [9.17, 15) is 0 Å². The van der Waals surface area contributed by atoms with Crippen LogP contribution in [0.5, 0.6) is 0 Å². The molecule has 0 amide bonds. The number of hydrogen-bond acceptors (Lipinski definition) is 6. The molecule has 3 aromatic rings. The summed E-state index contributed by atoms with van der Waals surface area (Å²) < 4.78 is 0. The second kappa shape index (κ2) is 9.08. The Balaban J connectivity index is 1.67.